The number of methoxy groups -OCH3 is 1. The summed E-state index contributed by atoms with van der Waals surface area (Å²) in [5.74, 6) is -1.36. The highest BCUT2D eigenvalue weighted by molar-refractivity contribution is 6.39. The molecule has 0 radical (unpaired) electrons. The van der Waals surface area contributed by atoms with Gasteiger partial charge < -0.3 is 10.1 Å². The molecule has 0 bridgehead atoms. The normalized spacial score (nSPS) is 9.81. The summed E-state index contributed by atoms with van der Waals surface area (Å²) in [7, 11) is 1.57. The second-order valence-corrected chi connectivity index (χ2v) is 2.89. The number of aromatic nitrogens is 3. The molecule has 16 heavy (non-hydrogen) atoms. The fourth-order valence-corrected chi connectivity index (χ4v) is 0.929. The van der Waals surface area contributed by atoms with Crippen LogP contribution < -0.4 is 10.6 Å². The van der Waals surface area contributed by atoms with E-state index in [0.29, 0.717) is 19.6 Å². The first-order chi connectivity index (χ1) is 7.74. The Morgan fingerprint density at radius 1 is 1.50 bits per heavy atom. The van der Waals surface area contributed by atoms with Crippen molar-refractivity contribution in [3.63, 3.8) is 0 Å². The number of aromatic amines is 1. The second-order valence-electron chi connectivity index (χ2n) is 2.89. The van der Waals surface area contributed by atoms with Gasteiger partial charge in [-0.1, -0.05) is 0 Å². The molecule has 0 atom stereocenters. The average Bonchev–Trinajstić information content (AvgIpc) is 2.76. The Morgan fingerprint density at radius 3 is 2.94 bits per heavy atom. The summed E-state index contributed by atoms with van der Waals surface area (Å²) < 4.78 is 4.79. The van der Waals surface area contributed by atoms with Gasteiger partial charge in [0.25, 0.3) is 0 Å². The van der Waals surface area contributed by atoms with E-state index in [1.165, 1.54) is 6.33 Å². The van der Waals surface area contributed by atoms with E-state index < -0.39 is 11.8 Å². The molecule has 0 unspecified atom stereocenters. The highest BCUT2D eigenvalue weighted by Crippen LogP contribution is 1.91. The molecule has 1 rings (SSSR count). The maximum atomic E-state index is 11.2. The van der Waals surface area contributed by atoms with E-state index in [9.17, 15) is 9.59 Å². The number of ether oxygens (including phenoxy) is 1. The van der Waals surface area contributed by atoms with Crippen LogP contribution in [-0.2, 0) is 14.3 Å². The van der Waals surface area contributed by atoms with Crippen molar-refractivity contribution in [2.45, 2.75) is 6.42 Å². The van der Waals surface area contributed by atoms with Crippen LogP contribution in [-0.4, -0.2) is 47.3 Å². The van der Waals surface area contributed by atoms with Crippen molar-refractivity contribution in [2.75, 3.05) is 25.6 Å². The molecule has 8 nitrogen and oxygen atoms in total. The summed E-state index contributed by atoms with van der Waals surface area (Å²) in [5.41, 5.74) is 0. The number of nitrogens with zero attached hydrogens (tertiary/aromatic N) is 2. The van der Waals surface area contributed by atoms with Crippen LogP contribution in [0.2, 0.25) is 0 Å². The minimum absolute atomic E-state index is 0.136. The first-order valence-electron chi connectivity index (χ1n) is 4.67. The van der Waals surface area contributed by atoms with Gasteiger partial charge in [-0.05, 0) is 6.42 Å². The fraction of sp³-hybridized carbons (Fsp3) is 0.500. The van der Waals surface area contributed by atoms with E-state index in [0.717, 1.165) is 0 Å². The van der Waals surface area contributed by atoms with Gasteiger partial charge >= 0.3 is 11.8 Å². The maximum Gasteiger partial charge on any atom is 0.316 e. The Bertz CT molecular complexity index is 337. The van der Waals surface area contributed by atoms with Crippen LogP contribution in [0.15, 0.2) is 6.33 Å². The van der Waals surface area contributed by atoms with Crippen molar-refractivity contribution in [1.82, 2.24) is 20.5 Å². The molecule has 1 heterocycles. The zero-order chi connectivity index (χ0) is 11.8. The predicted molar refractivity (Wildman–Crippen MR) is 54.5 cm³/mol. The van der Waals surface area contributed by atoms with E-state index in [2.05, 4.69) is 25.8 Å². The molecular weight excluding hydrogens is 214 g/mol. The third-order valence-electron chi connectivity index (χ3n) is 1.66. The average molecular weight is 227 g/mol. The van der Waals surface area contributed by atoms with Crippen LogP contribution in [0, 0.1) is 0 Å². The van der Waals surface area contributed by atoms with Crippen molar-refractivity contribution >= 4 is 17.8 Å². The summed E-state index contributed by atoms with van der Waals surface area (Å²) >= 11 is 0. The number of rotatable bonds is 5. The summed E-state index contributed by atoms with van der Waals surface area (Å²) in [6, 6.07) is 0. The minimum Gasteiger partial charge on any atom is -0.385 e. The lowest BCUT2D eigenvalue weighted by Gasteiger charge is -2.03. The minimum atomic E-state index is -0.783. The van der Waals surface area contributed by atoms with Crippen molar-refractivity contribution in [2.24, 2.45) is 0 Å². The van der Waals surface area contributed by atoms with E-state index >= 15 is 0 Å². The van der Waals surface area contributed by atoms with Gasteiger partial charge in [0.2, 0.25) is 5.95 Å². The van der Waals surface area contributed by atoms with E-state index in [1.807, 2.05) is 0 Å². The third kappa shape index (κ3) is 4.05. The topological polar surface area (TPSA) is 109 Å². The maximum absolute atomic E-state index is 11.2. The van der Waals surface area contributed by atoms with Gasteiger partial charge in [-0.2, -0.15) is 10.1 Å². The van der Waals surface area contributed by atoms with Gasteiger partial charge in [-0.3, -0.25) is 14.9 Å². The van der Waals surface area contributed by atoms with Crippen LogP contribution in [0.5, 0.6) is 0 Å². The van der Waals surface area contributed by atoms with Gasteiger partial charge in [-0.25, -0.2) is 5.10 Å². The van der Waals surface area contributed by atoms with Crippen LogP contribution in [0.4, 0.5) is 5.95 Å². The Kier molecular flexibility index (Phi) is 4.93. The van der Waals surface area contributed by atoms with Crippen LogP contribution in [0.1, 0.15) is 6.42 Å². The fourth-order valence-electron chi connectivity index (χ4n) is 0.929. The molecule has 0 aromatic carbocycles. The molecule has 0 aliphatic rings. The molecule has 8 heteroatoms. The number of carbonyl (C=O) groups is 2. The Labute approximate surface area is 91.8 Å². The number of hydrogen-bond acceptors (Lipinski definition) is 5. The Morgan fingerprint density at radius 2 is 2.31 bits per heavy atom. The molecule has 0 spiro atoms. The van der Waals surface area contributed by atoms with E-state index in [-0.39, 0.29) is 5.95 Å². The second kappa shape index (κ2) is 6.51. The van der Waals surface area contributed by atoms with Crippen molar-refractivity contribution in [1.29, 1.82) is 0 Å². The van der Waals surface area contributed by atoms with Crippen LogP contribution in [0.3, 0.4) is 0 Å². The molecular formula is C8H13N5O3. The SMILES string of the molecule is COCCCNC(=O)C(=O)Nc1ncn[nH]1. The molecule has 0 fully saturated rings. The van der Waals surface area contributed by atoms with Crippen molar-refractivity contribution in [3.8, 4) is 0 Å². The third-order valence-corrected chi connectivity index (χ3v) is 1.66. The Balaban J connectivity index is 2.23. The highest BCUT2D eigenvalue weighted by atomic mass is 16.5. The summed E-state index contributed by atoms with van der Waals surface area (Å²) in [6.07, 6.45) is 1.88. The lowest BCUT2D eigenvalue weighted by atomic mass is 10.4. The van der Waals surface area contributed by atoms with Crippen LogP contribution >= 0.6 is 0 Å². The monoisotopic (exact) mass is 227 g/mol. The lowest BCUT2D eigenvalue weighted by molar-refractivity contribution is -0.136. The number of anilines is 1. The van der Waals surface area contributed by atoms with E-state index in [1.54, 1.807) is 7.11 Å². The zero-order valence-corrected chi connectivity index (χ0v) is 8.82. The lowest BCUT2D eigenvalue weighted by Crippen LogP contribution is -2.36. The van der Waals surface area contributed by atoms with Gasteiger partial charge in [0, 0.05) is 20.3 Å². The number of hydrogen-bond donors (Lipinski definition) is 3. The summed E-state index contributed by atoms with van der Waals surface area (Å²) in [6.45, 7) is 0.917. The molecule has 0 saturated heterocycles. The van der Waals surface area contributed by atoms with Gasteiger partial charge in [-0.15, -0.1) is 0 Å². The highest BCUT2D eigenvalue weighted by Gasteiger charge is 2.13. The number of carbonyl (C=O) groups excluding carboxylic acids is 2. The largest absolute Gasteiger partial charge is 0.385 e. The quantitative estimate of drug-likeness (QED) is 0.437. The first kappa shape index (κ1) is 12.1. The Hall–Kier alpha value is -1.96. The molecule has 1 aromatic heterocycles. The van der Waals surface area contributed by atoms with Crippen LogP contribution in [0.25, 0.3) is 0 Å². The van der Waals surface area contributed by atoms with E-state index in [4.69, 9.17) is 4.74 Å². The smallest absolute Gasteiger partial charge is 0.316 e. The van der Waals surface area contributed by atoms with Crippen molar-refractivity contribution < 1.29 is 14.3 Å². The predicted octanol–water partition coefficient (Wildman–Crippen LogP) is -1.10. The first-order valence-corrected chi connectivity index (χ1v) is 4.67. The molecule has 88 valence electrons. The number of nitrogens with one attached hydrogen (secondary N) is 3. The molecule has 2 amide bonds. The zero-order valence-electron chi connectivity index (χ0n) is 8.82. The molecule has 0 aliphatic heterocycles. The molecule has 0 aliphatic carbocycles. The van der Waals surface area contributed by atoms with Gasteiger partial charge in [0.1, 0.15) is 6.33 Å². The van der Waals surface area contributed by atoms with Gasteiger partial charge in [0.15, 0.2) is 0 Å². The standard InChI is InChI=1S/C8H13N5O3/c1-16-4-2-3-9-6(14)7(15)12-8-10-5-11-13-8/h5H,2-4H2,1H3,(H,9,14)(H2,10,11,12,13,15). The van der Waals surface area contributed by atoms with Crippen molar-refractivity contribution in [3.05, 3.63) is 6.33 Å². The van der Waals surface area contributed by atoms with Gasteiger partial charge in [0.05, 0.1) is 0 Å². The molecule has 1 aromatic rings. The molecule has 0 saturated carbocycles. The molecule has 3 N–H and O–H groups in total. The number of amides is 2. The number of H-pyrrole nitrogens is 1. The summed E-state index contributed by atoms with van der Waals surface area (Å²) in [4.78, 5) is 26.1. The summed E-state index contributed by atoms with van der Waals surface area (Å²) in [5, 5.41) is 10.6.